The van der Waals surface area contributed by atoms with E-state index in [-0.39, 0.29) is 6.04 Å². The number of benzene rings is 2. The Labute approximate surface area is 116 Å². The molecule has 0 aromatic heterocycles. The highest BCUT2D eigenvalue weighted by Crippen LogP contribution is 2.28. The first-order valence-electron chi connectivity index (χ1n) is 5.54. The molecule has 2 aromatic carbocycles. The average molecular weight is 282 g/mol. The minimum absolute atomic E-state index is 0.0136. The van der Waals surface area contributed by atoms with Crippen LogP contribution in [0.5, 0.6) is 11.5 Å². The number of nitrogens with two attached hydrogens (primary N) is 1. The first-order chi connectivity index (χ1) is 8.54. The second-order valence-corrected chi connectivity index (χ2v) is 4.94. The van der Waals surface area contributed by atoms with E-state index in [1.807, 2.05) is 31.2 Å². The molecule has 0 fully saturated rings. The van der Waals surface area contributed by atoms with E-state index in [0.717, 1.165) is 11.3 Å². The molecule has 0 aliphatic carbocycles. The van der Waals surface area contributed by atoms with Crippen molar-refractivity contribution < 1.29 is 4.74 Å². The van der Waals surface area contributed by atoms with Crippen LogP contribution in [-0.4, -0.2) is 0 Å². The minimum atomic E-state index is 0.0136. The summed E-state index contributed by atoms with van der Waals surface area (Å²) in [6.07, 6.45) is 0. The number of halogens is 2. The van der Waals surface area contributed by atoms with Crippen molar-refractivity contribution in [3.05, 3.63) is 58.1 Å². The van der Waals surface area contributed by atoms with E-state index in [1.54, 1.807) is 18.2 Å². The van der Waals surface area contributed by atoms with Gasteiger partial charge in [0.2, 0.25) is 0 Å². The van der Waals surface area contributed by atoms with Gasteiger partial charge in [-0.1, -0.05) is 35.3 Å². The lowest BCUT2D eigenvalue weighted by Gasteiger charge is -2.09. The van der Waals surface area contributed by atoms with Crippen molar-refractivity contribution in [3.8, 4) is 11.5 Å². The summed E-state index contributed by atoms with van der Waals surface area (Å²) in [4.78, 5) is 0. The number of ether oxygens (including phenoxy) is 1. The van der Waals surface area contributed by atoms with Gasteiger partial charge >= 0.3 is 0 Å². The van der Waals surface area contributed by atoms with Gasteiger partial charge in [0.1, 0.15) is 11.5 Å². The molecule has 2 aromatic rings. The van der Waals surface area contributed by atoms with Gasteiger partial charge in [-0.15, -0.1) is 0 Å². The van der Waals surface area contributed by atoms with Gasteiger partial charge in [0.25, 0.3) is 0 Å². The van der Waals surface area contributed by atoms with Crippen LogP contribution in [0.3, 0.4) is 0 Å². The van der Waals surface area contributed by atoms with Crippen molar-refractivity contribution in [2.75, 3.05) is 0 Å². The quantitative estimate of drug-likeness (QED) is 0.877. The Morgan fingerprint density at radius 3 is 2.00 bits per heavy atom. The fourth-order valence-electron chi connectivity index (χ4n) is 1.56. The third-order valence-electron chi connectivity index (χ3n) is 2.48. The Balaban J connectivity index is 2.18. The van der Waals surface area contributed by atoms with Crippen LogP contribution in [0.25, 0.3) is 0 Å². The standard InChI is InChI=1S/C14H13Cl2NO/c1-9(17)10-2-4-13(5-3-10)18-14-7-11(15)6-12(16)8-14/h2-9H,17H2,1H3/t9-/m1/s1. The SMILES string of the molecule is C[C@@H](N)c1ccc(Oc2cc(Cl)cc(Cl)c2)cc1. The van der Waals surface area contributed by atoms with Gasteiger partial charge in [-0.3, -0.25) is 0 Å². The molecule has 0 spiro atoms. The van der Waals surface area contributed by atoms with Crippen LogP contribution < -0.4 is 10.5 Å². The number of rotatable bonds is 3. The lowest BCUT2D eigenvalue weighted by Crippen LogP contribution is -2.04. The molecule has 0 aliphatic heterocycles. The summed E-state index contributed by atoms with van der Waals surface area (Å²) in [6.45, 7) is 1.94. The predicted octanol–water partition coefficient (Wildman–Crippen LogP) is 4.81. The maximum absolute atomic E-state index is 5.90. The predicted molar refractivity (Wildman–Crippen MR) is 75.6 cm³/mol. The molecule has 0 saturated carbocycles. The van der Waals surface area contributed by atoms with Crippen LogP contribution >= 0.6 is 23.2 Å². The molecule has 0 unspecified atom stereocenters. The van der Waals surface area contributed by atoms with Crippen molar-refractivity contribution in [1.82, 2.24) is 0 Å². The van der Waals surface area contributed by atoms with Gasteiger partial charge in [-0.25, -0.2) is 0 Å². The third-order valence-corrected chi connectivity index (χ3v) is 2.91. The highest BCUT2D eigenvalue weighted by Gasteiger charge is 2.03. The van der Waals surface area contributed by atoms with E-state index >= 15 is 0 Å². The topological polar surface area (TPSA) is 35.2 Å². The van der Waals surface area contributed by atoms with Crippen LogP contribution in [0, 0.1) is 0 Å². The van der Waals surface area contributed by atoms with Crippen molar-refractivity contribution in [1.29, 1.82) is 0 Å². The molecule has 0 amide bonds. The van der Waals surface area contributed by atoms with Gasteiger partial charge in [0.15, 0.2) is 0 Å². The maximum Gasteiger partial charge on any atom is 0.130 e. The zero-order chi connectivity index (χ0) is 13.1. The minimum Gasteiger partial charge on any atom is -0.457 e. The molecular formula is C14H13Cl2NO. The van der Waals surface area contributed by atoms with Crippen LogP contribution in [0.2, 0.25) is 10.0 Å². The van der Waals surface area contributed by atoms with E-state index in [2.05, 4.69) is 0 Å². The molecular weight excluding hydrogens is 269 g/mol. The summed E-state index contributed by atoms with van der Waals surface area (Å²) in [5.41, 5.74) is 6.84. The first kappa shape index (κ1) is 13.2. The average Bonchev–Trinajstić information content (AvgIpc) is 2.28. The molecule has 0 radical (unpaired) electrons. The van der Waals surface area contributed by atoms with Crippen LogP contribution in [0.15, 0.2) is 42.5 Å². The molecule has 0 aliphatic rings. The van der Waals surface area contributed by atoms with Crippen molar-refractivity contribution >= 4 is 23.2 Å². The molecule has 0 heterocycles. The molecule has 2 rings (SSSR count). The lowest BCUT2D eigenvalue weighted by molar-refractivity contribution is 0.482. The summed E-state index contributed by atoms with van der Waals surface area (Å²) < 4.78 is 5.67. The van der Waals surface area contributed by atoms with Crippen LogP contribution in [-0.2, 0) is 0 Å². The van der Waals surface area contributed by atoms with Gasteiger partial charge in [-0.05, 0) is 42.8 Å². The smallest absolute Gasteiger partial charge is 0.130 e. The zero-order valence-electron chi connectivity index (χ0n) is 9.86. The van der Waals surface area contributed by atoms with Gasteiger partial charge in [0, 0.05) is 16.1 Å². The molecule has 1 atom stereocenters. The van der Waals surface area contributed by atoms with Gasteiger partial charge < -0.3 is 10.5 Å². The molecule has 2 N–H and O–H groups in total. The Morgan fingerprint density at radius 1 is 0.944 bits per heavy atom. The Hall–Kier alpha value is -1.22. The van der Waals surface area contributed by atoms with Crippen molar-refractivity contribution in [3.63, 3.8) is 0 Å². The first-order valence-corrected chi connectivity index (χ1v) is 6.29. The molecule has 94 valence electrons. The Bertz CT molecular complexity index is 518. The molecule has 18 heavy (non-hydrogen) atoms. The van der Waals surface area contributed by atoms with Crippen molar-refractivity contribution in [2.45, 2.75) is 13.0 Å². The van der Waals surface area contributed by atoms with E-state index < -0.39 is 0 Å². The Kier molecular flexibility index (Phi) is 4.12. The monoisotopic (exact) mass is 281 g/mol. The van der Waals surface area contributed by atoms with Crippen molar-refractivity contribution in [2.24, 2.45) is 5.73 Å². The van der Waals surface area contributed by atoms with Gasteiger partial charge in [-0.2, -0.15) is 0 Å². The summed E-state index contributed by atoms with van der Waals surface area (Å²) in [5.74, 6) is 1.33. The van der Waals surface area contributed by atoms with E-state index in [0.29, 0.717) is 15.8 Å². The normalized spacial score (nSPS) is 12.2. The number of hydrogen-bond acceptors (Lipinski definition) is 2. The second-order valence-electron chi connectivity index (χ2n) is 4.06. The molecule has 0 saturated heterocycles. The third kappa shape index (κ3) is 3.39. The highest BCUT2D eigenvalue weighted by atomic mass is 35.5. The summed E-state index contributed by atoms with van der Waals surface area (Å²) in [5, 5.41) is 1.09. The van der Waals surface area contributed by atoms with Gasteiger partial charge in [0.05, 0.1) is 0 Å². The summed E-state index contributed by atoms with van der Waals surface area (Å²) in [7, 11) is 0. The second kappa shape index (κ2) is 5.61. The number of hydrogen-bond donors (Lipinski definition) is 1. The van der Waals surface area contributed by atoms with Crippen LogP contribution in [0.4, 0.5) is 0 Å². The van der Waals surface area contributed by atoms with E-state index in [9.17, 15) is 0 Å². The zero-order valence-corrected chi connectivity index (χ0v) is 11.4. The fraction of sp³-hybridized carbons (Fsp3) is 0.143. The molecule has 4 heteroatoms. The molecule has 2 nitrogen and oxygen atoms in total. The fourth-order valence-corrected chi connectivity index (χ4v) is 2.07. The molecule has 0 bridgehead atoms. The summed E-state index contributed by atoms with van der Waals surface area (Å²) in [6, 6.07) is 12.7. The lowest BCUT2D eigenvalue weighted by atomic mass is 10.1. The summed E-state index contributed by atoms with van der Waals surface area (Å²) >= 11 is 11.8. The maximum atomic E-state index is 5.90. The Morgan fingerprint density at radius 2 is 1.50 bits per heavy atom. The van der Waals surface area contributed by atoms with E-state index in [1.165, 1.54) is 0 Å². The van der Waals surface area contributed by atoms with Crippen LogP contribution in [0.1, 0.15) is 18.5 Å². The van der Waals surface area contributed by atoms with E-state index in [4.69, 9.17) is 33.7 Å². The largest absolute Gasteiger partial charge is 0.457 e. The highest BCUT2D eigenvalue weighted by molar-refractivity contribution is 6.34.